The molecule has 0 aliphatic heterocycles. The number of benzene rings is 1. The van der Waals surface area contributed by atoms with Gasteiger partial charge in [-0.3, -0.25) is 9.78 Å². The van der Waals surface area contributed by atoms with E-state index in [0.29, 0.717) is 13.0 Å². The second kappa shape index (κ2) is 6.22. The lowest BCUT2D eigenvalue weighted by atomic mass is 10.2. The SMILES string of the molecule is C[C@H](C(=O)NCCc1ccc2ccccc2n1)S(C)(=O)=O. The monoisotopic (exact) mass is 306 g/mol. The highest BCUT2D eigenvalue weighted by molar-refractivity contribution is 7.92. The summed E-state index contributed by atoms with van der Waals surface area (Å²) >= 11 is 0. The van der Waals surface area contributed by atoms with Crippen molar-refractivity contribution in [3.05, 3.63) is 42.1 Å². The summed E-state index contributed by atoms with van der Waals surface area (Å²) in [7, 11) is -3.35. The van der Waals surface area contributed by atoms with Crippen LogP contribution in [0.25, 0.3) is 10.9 Å². The third-order valence-electron chi connectivity index (χ3n) is 3.35. The second-order valence-electron chi connectivity index (χ2n) is 5.01. The molecule has 2 rings (SSSR count). The zero-order valence-electron chi connectivity index (χ0n) is 12.0. The molecule has 5 nitrogen and oxygen atoms in total. The molecule has 1 aromatic carbocycles. The molecule has 0 bridgehead atoms. The van der Waals surface area contributed by atoms with Crippen LogP contribution in [0.3, 0.4) is 0 Å². The summed E-state index contributed by atoms with van der Waals surface area (Å²) in [4.78, 5) is 16.2. The summed E-state index contributed by atoms with van der Waals surface area (Å²) in [6, 6.07) is 11.7. The molecule has 6 heteroatoms. The molecule has 0 fully saturated rings. The largest absolute Gasteiger partial charge is 0.355 e. The molecule has 0 unspecified atom stereocenters. The number of sulfone groups is 1. The summed E-state index contributed by atoms with van der Waals surface area (Å²) in [5.74, 6) is -0.474. The first-order valence-corrected chi connectivity index (χ1v) is 8.64. The van der Waals surface area contributed by atoms with E-state index < -0.39 is 21.0 Å². The Morgan fingerprint density at radius 1 is 1.24 bits per heavy atom. The van der Waals surface area contributed by atoms with Crippen molar-refractivity contribution in [1.82, 2.24) is 10.3 Å². The minimum Gasteiger partial charge on any atom is -0.355 e. The van der Waals surface area contributed by atoms with E-state index in [4.69, 9.17) is 0 Å². The third-order valence-corrected chi connectivity index (χ3v) is 4.85. The minimum atomic E-state index is -3.35. The molecule has 0 aliphatic rings. The van der Waals surface area contributed by atoms with Crippen molar-refractivity contribution in [2.75, 3.05) is 12.8 Å². The van der Waals surface area contributed by atoms with Crippen LogP contribution in [0.5, 0.6) is 0 Å². The van der Waals surface area contributed by atoms with E-state index in [2.05, 4.69) is 10.3 Å². The molecule has 1 heterocycles. The van der Waals surface area contributed by atoms with Crippen molar-refractivity contribution in [2.45, 2.75) is 18.6 Å². The molecular formula is C15H18N2O3S. The van der Waals surface area contributed by atoms with Crippen molar-refractivity contribution in [1.29, 1.82) is 0 Å². The van der Waals surface area contributed by atoms with Gasteiger partial charge in [0, 0.05) is 30.3 Å². The standard InChI is InChI=1S/C15H18N2O3S/c1-11(21(2,19)20)15(18)16-10-9-13-8-7-12-5-3-4-6-14(12)17-13/h3-8,11H,9-10H2,1-2H3,(H,16,18)/t11-/m1/s1. The van der Waals surface area contributed by atoms with Crippen molar-refractivity contribution in [3.63, 3.8) is 0 Å². The Morgan fingerprint density at radius 2 is 1.95 bits per heavy atom. The Labute approximate surface area is 124 Å². The molecular weight excluding hydrogens is 288 g/mol. The lowest BCUT2D eigenvalue weighted by Gasteiger charge is -2.10. The average molecular weight is 306 g/mol. The van der Waals surface area contributed by atoms with Gasteiger partial charge in [-0.05, 0) is 19.1 Å². The molecule has 1 amide bonds. The molecule has 112 valence electrons. The van der Waals surface area contributed by atoms with E-state index >= 15 is 0 Å². The molecule has 0 aliphatic carbocycles. The normalized spacial score (nSPS) is 13.0. The zero-order valence-corrected chi connectivity index (χ0v) is 12.9. The minimum absolute atomic E-state index is 0.365. The Balaban J connectivity index is 1.95. The van der Waals surface area contributed by atoms with Gasteiger partial charge in [-0.2, -0.15) is 0 Å². The molecule has 0 radical (unpaired) electrons. The maximum Gasteiger partial charge on any atom is 0.238 e. The van der Waals surface area contributed by atoms with Crippen molar-refractivity contribution in [3.8, 4) is 0 Å². The Bertz CT molecular complexity index is 756. The van der Waals surface area contributed by atoms with Gasteiger partial charge in [0.2, 0.25) is 5.91 Å². The summed E-state index contributed by atoms with van der Waals surface area (Å²) in [6.45, 7) is 1.75. The van der Waals surface area contributed by atoms with Gasteiger partial charge in [-0.15, -0.1) is 0 Å². The van der Waals surface area contributed by atoms with E-state index in [-0.39, 0.29) is 0 Å². The summed E-state index contributed by atoms with van der Waals surface area (Å²) in [5.41, 5.74) is 1.77. The highest BCUT2D eigenvalue weighted by atomic mass is 32.2. The van der Waals surface area contributed by atoms with Crippen molar-refractivity contribution < 1.29 is 13.2 Å². The topological polar surface area (TPSA) is 76.1 Å². The molecule has 1 atom stereocenters. The first kappa shape index (κ1) is 15.4. The Kier molecular flexibility index (Phi) is 4.57. The number of hydrogen-bond donors (Lipinski definition) is 1. The van der Waals surface area contributed by atoms with Crippen LogP contribution in [-0.2, 0) is 21.1 Å². The summed E-state index contributed by atoms with van der Waals surface area (Å²) in [5, 5.41) is 2.67. The van der Waals surface area contributed by atoms with Gasteiger partial charge >= 0.3 is 0 Å². The van der Waals surface area contributed by atoms with Crippen LogP contribution in [-0.4, -0.2) is 37.4 Å². The van der Waals surface area contributed by atoms with Crippen LogP contribution in [0.2, 0.25) is 0 Å². The average Bonchev–Trinajstić information content (AvgIpc) is 2.45. The van der Waals surface area contributed by atoms with Crippen LogP contribution in [0, 0.1) is 0 Å². The highest BCUT2D eigenvalue weighted by Crippen LogP contribution is 2.11. The van der Waals surface area contributed by atoms with E-state index in [9.17, 15) is 13.2 Å². The summed E-state index contributed by atoms with van der Waals surface area (Å²) < 4.78 is 22.6. The molecule has 0 spiro atoms. The van der Waals surface area contributed by atoms with E-state index in [1.165, 1.54) is 6.92 Å². The van der Waals surface area contributed by atoms with Gasteiger partial charge in [0.25, 0.3) is 0 Å². The lowest BCUT2D eigenvalue weighted by molar-refractivity contribution is -0.120. The fourth-order valence-corrected chi connectivity index (χ4v) is 2.37. The van der Waals surface area contributed by atoms with E-state index in [0.717, 1.165) is 22.9 Å². The first-order valence-electron chi connectivity index (χ1n) is 6.69. The van der Waals surface area contributed by atoms with Crippen LogP contribution >= 0.6 is 0 Å². The zero-order chi connectivity index (χ0) is 15.5. The quantitative estimate of drug-likeness (QED) is 0.904. The molecule has 0 saturated carbocycles. The number of fused-ring (bicyclic) bond motifs is 1. The number of hydrogen-bond acceptors (Lipinski definition) is 4. The van der Waals surface area contributed by atoms with Gasteiger partial charge < -0.3 is 5.32 Å². The molecule has 1 aromatic heterocycles. The maximum absolute atomic E-state index is 11.7. The molecule has 2 aromatic rings. The number of carbonyl (C=O) groups excluding carboxylic acids is 1. The summed E-state index contributed by atoms with van der Waals surface area (Å²) in [6.07, 6.45) is 1.62. The number of amides is 1. The number of nitrogens with zero attached hydrogens (tertiary/aromatic N) is 1. The van der Waals surface area contributed by atoms with E-state index in [1.807, 2.05) is 36.4 Å². The number of rotatable bonds is 5. The predicted molar refractivity (Wildman–Crippen MR) is 82.8 cm³/mol. The first-order chi connectivity index (χ1) is 9.88. The van der Waals surface area contributed by atoms with Gasteiger partial charge in [-0.25, -0.2) is 8.42 Å². The smallest absolute Gasteiger partial charge is 0.238 e. The molecule has 21 heavy (non-hydrogen) atoms. The van der Waals surface area contributed by atoms with Crippen molar-refractivity contribution >= 4 is 26.6 Å². The Morgan fingerprint density at radius 3 is 2.67 bits per heavy atom. The van der Waals surface area contributed by atoms with Gasteiger partial charge in [0.1, 0.15) is 5.25 Å². The van der Waals surface area contributed by atoms with Crippen LogP contribution in [0.15, 0.2) is 36.4 Å². The maximum atomic E-state index is 11.7. The number of para-hydroxylation sites is 1. The van der Waals surface area contributed by atoms with Crippen LogP contribution in [0.4, 0.5) is 0 Å². The van der Waals surface area contributed by atoms with Gasteiger partial charge in [-0.1, -0.05) is 24.3 Å². The number of carbonyl (C=O) groups is 1. The second-order valence-corrected chi connectivity index (χ2v) is 7.37. The molecule has 0 saturated heterocycles. The molecule has 1 N–H and O–H groups in total. The van der Waals surface area contributed by atoms with Crippen LogP contribution in [0.1, 0.15) is 12.6 Å². The van der Waals surface area contributed by atoms with Crippen LogP contribution < -0.4 is 5.32 Å². The third kappa shape index (κ3) is 4.01. The van der Waals surface area contributed by atoms with Gasteiger partial charge in [0.05, 0.1) is 5.52 Å². The number of nitrogens with one attached hydrogen (secondary N) is 1. The number of pyridine rings is 1. The van der Waals surface area contributed by atoms with Crippen molar-refractivity contribution in [2.24, 2.45) is 0 Å². The fourth-order valence-electron chi connectivity index (χ4n) is 1.90. The lowest BCUT2D eigenvalue weighted by Crippen LogP contribution is -2.38. The predicted octanol–water partition coefficient (Wildman–Crippen LogP) is 1.33. The highest BCUT2D eigenvalue weighted by Gasteiger charge is 2.22. The number of aromatic nitrogens is 1. The Hall–Kier alpha value is -1.95. The fraction of sp³-hybridized carbons (Fsp3) is 0.333. The van der Waals surface area contributed by atoms with Gasteiger partial charge in [0.15, 0.2) is 9.84 Å². The van der Waals surface area contributed by atoms with E-state index in [1.54, 1.807) is 0 Å².